The molecule has 0 bridgehead atoms. The second-order valence-electron chi connectivity index (χ2n) is 5.97. The zero-order valence-electron chi connectivity index (χ0n) is 14.4. The van der Waals surface area contributed by atoms with Gasteiger partial charge >= 0.3 is 0 Å². The van der Waals surface area contributed by atoms with Crippen LogP contribution in [-0.2, 0) is 4.79 Å². The molecule has 2 heterocycles. The Morgan fingerprint density at radius 1 is 1.16 bits per heavy atom. The summed E-state index contributed by atoms with van der Waals surface area (Å²) in [6.45, 7) is 6.27. The SMILES string of the molecule is CCCN1C(=O)S/C(=C/c2cc(C)n(-c3ccc(F)cc3)c2C)C1=O. The highest BCUT2D eigenvalue weighted by Crippen LogP contribution is 2.33. The minimum atomic E-state index is -0.281. The van der Waals surface area contributed by atoms with Crippen molar-refractivity contribution < 1.29 is 14.0 Å². The summed E-state index contributed by atoms with van der Waals surface area (Å²) in [6, 6.07) is 8.24. The molecule has 0 atom stereocenters. The Hall–Kier alpha value is -2.34. The van der Waals surface area contributed by atoms with E-state index in [-0.39, 0.29) is 17.0 Å². The molecule has 130 valence electrons. The van der Waals surface area contributed by atoms with E-state index in [1.807, 2.05) is 31.4 Å². The highest BCUT2D eigenvalue weighted by molar-refractivity contribution is 8.18. The van der Waals surface area contributed by atoms with Crippen LogP contribution >= 0.6 is 11.8 Å². The number of halogens is 1. The Kier molecular flexibility index (Phi) is 4.81. The van der Waals surface area contributed by atoms with Crippen molar-refractivity contribution in [2.75, 3.05) is 6.54 Å². The normalized spacial score (nSPS) is 16.3. The third-order valence-electron chi connectivity index (χ3n) is 4.16. The summed E-state index contributed by atoms with van der Waals surface area (Å²) in [7, 11) is 0. The van der Waals surface area contributed by atoms with E-state index in [0.29, 0.717) is 11.4 Å². The number of nitrogens with zero attached hydrogens (tertiary/aromatic N) is 2. The molecule has 0 N–H and O–H groups in total. The van der Waals surface area contributed by atoms with Gasteiger partial charge in [0.05, 0.1) is 4.91 Å². The van der Waals surface area contributed by atoms with E-state index in [9.17, 15) is 14.0 Å². The molecule has 1 aromatic carbocycles. The lowest BCUT2D eigenvalue weighted by molar-refractivity contribution is -0.122. The number of thioether (sulfide) groups is 1. The molecule has 0 aliphatic carbocycles. The van der Waals surface area contributed by atoms with E-state index in [4.69, 9.17) is 0 Å². The van der Waals surface area contributed by atoms with E-state index in [1.54, 1.807) is 18.2 Å². The van der Waals surface area contributed by atoms with Crippen LogP contribution in [0.3, 0.4) is 0 Å². The fraction of sp³-hybridized carbons (Fsp3) is 0.263. The van der Waals surface area contributed by atoms with Crippen LogP contribution in [0.25, 0.3) is 11.8 Å². The van der Waals surface area contributed by atoms with E-state index in [0.717, 1.165) is 40.8 Å². The topological polar surface area (TPSA) is 42.3 Å². The maximum absolute atomic E-state index is 13.2. The Bertz CT molecular complexity index is 868. The van der Waals surface area contributed by atoms with Crippen molar-refractivity contribution in [1.82, 2.24) is 9.47 Å². The summed E-state index contributed by atoms with van der Waals surface area (Å²) in [5.41, 5.74) is 3.65. The quantitative estimate of drug-likeness (QED) is 0.745. The van der Waals surface area contributed by atoms with Crippen molar-refractivity contribution >= 4 is 29.0 Å². The van der Waals surface area contributed by atoms with Crippen LogP contribution in [-0.4, -0.2) is 27.2 Å². The number of rotatable bonds is 4. The average molecular weight is 358 g/mol. The van der Waals surface area contributed by atoms with Crippen molar-refractivity contribution in [3.05, 3.63) is 58.0 Å². The van der Waals surface area contributed by atoms with Gasteiger partial charge in [-0.15, -0.1) is 0 Å². The van der Waals surface area contributed by atoms with Gasteiger partial charge in [0.2, 0.25) is 0 Å². The van der Waals surface area contributed by atoms with Crippen molar-refractivity contribution in [2.45, 2.75) is 27.2 Å². The summed E-state index contributed by atoms with van der Waals surface area (Å²) in [5, 5.41) is -0.217. The van der Waals surface area contributed by atoms with Crippen molar-refractivity contribution in [3.63, 3.8) is 0 Å². The van der Waals surface area contributed by atoms with Gasteiger partial charge in [0.1, 0.15) is 5.82 Å². The second kappa shape index (κ2) is 6.88. The lowest BCUT2D eigenvalue weighted by atomic mass is 10.2. The van der Waals surface area contributed by atoms with Gasteiger partial charge in [0.15, 0.2) is 0 Å². The minimum absolute atomic E-state index is 0.217. The van der Waals surface area contributed by atoms with Gasteiger partial charge in [0, 0.05) is 23.6 Å². The summed E-state index contributed by atoms with van der Waals surface area (Å²) < 4.78 is 15.2. The number of aryl methyl sites for hydroxylation is 1. The highest BCUT2D eigenvalue weighted by atomic mass is 32.2. The van der Waals surface area contributed by atoms with Crippen LogP contribution in [0.1, 0.15) is 30.3 Å². The lowest BCUT2D eigenvalue weighted by Gasteiger charge is -2.10. The molecule has 1 aliphatic heterocycles. The van der Waals surface area contributed by atoms with Gasteiger partial charge in [0.25, 0.3) is 11.1 Å². The maximum Gasteiger partial charge on any atom is 0.293 e. The predicted molar refractivity (Wildman–Crippen MR) is 98.2 cm³/mol. The molecule has 0 unspecified atom stereocenters. The highest BCUT2D eigenvalue weighted by Gasteiger charge is 2.34. The number of hydrogen-bond acceptors (Lipinski definition) is 3. The fourth-order valence-electron chi connectivity index (χ4n) is 2.98. The van der Waals surface area contributed by atoms with E-state index in [1.165, 1.54) is 17.0 Å². The molecule has 1 aliphatic rings. The van der Waals surface area contributed by atoms with Crippen LogP contribution in [0.4, 0.5) is 9.18 Å². The standard InChI is InChI=1S/C19H19FN2O2S/c1-4-9-21-18(23)17(25-19(21)24)11-14-10-12(2)22(13(14)3)16-7-5-15(20)6-8-16/h5-8,10-11H,4,9H2,1-3H3/b17-11+. The Morgan fingerprint density at radius 2 is 1.84 bits per heavy atom. The number of amides is 2. The van der Waals surface area contributed by atoms with Gasteiger partial charge in [-0.05, 0) is 74.0 Å². The summed E-state index contributed by atoms with van der Waals surface area (Å²) in [4.78, 5) is 26.1. The second-order valence-corrected chi connectivity index (χ2v) is 6.96. The number of aromatic nitrogens is 1. The zero-order valence-corrected chi connectivity index (χ0v) is 15.2. The van der Waals surface area contributed by atoms with Gasteiger partial charge < -0.3 is 4.57 Å². The number of benzene rings is 1. The first-order valence-corrected chi connectivity index (χ1v) is 8.94. The number of imide groups is 1. The Morgan fingerprint density at radius 3 is 2.48 bits per heavy atom. The van der Waals surface area contributed by atoms with Gasteiger partial charge in [-0.3, -0.25) is 14.5 Å². The summed E-state index contributed by atoms with van der Waals surface area (Å²) in [5.74, 6) is -0.514. The van der Waals surface area contributed by atoms with Gasteiger partial charge in [-0.25, -0.2) is 4.39 Å². The molecule has 1 aromatic heterocycles. The number of carbonyl (C=O) groups excluding carboxylic acids is 2. The van der Waals surface area contributed by atoms with Crippen molar-refractivity contribution in [2.24, 2.45) is 0 Å². The summed E-state index contributed by atoms with van der Waals surface area (Å²) in [6.07, 6.45) is 2.51. The molecule has 25 heavy (non-hydrogen) atoms. The average Bonchev–Trinajstić information content (AvgIpc) is 3.00. The molecule has 0 radical (unpaired) electrons. The molecule has 2 aromatic rings. The van der Waals surface area contributed by atoms with E-state index < -0.39 is 0 Å². The molecule has 2 amide bonds. The van der Waals surface area contributed by atoms with Crippen LogP contribution in [0.15, 0.2) is 35.2 Å². The number of hydrogen-bond donors (Lipinski definition) is 0. The van der Waals surface area contributed by atoms with E-state index >= 15 is 0 Å². The predicted octanol–water partition coefficient (Wildman–Crippen LogP) is 4.68. The molecule has 1 saturated heterocycles. The smallest absolute Gasteiger partial charge is 0.293 e. The van der Waals surface area contributed by atoms with Gasteiger partial charge in [-0.2, -0.15) is 0 Å². The first-order chi connectivity index (χ1) is 11.9. The van der Waals surface area contributed by atoms with Crippen LogP contribution in [0.2, 0.25) is 0 Å². The zero-order chi connectivity index (χ0) is 18.1. The Balaban J connectivity index is 1.97. The number of carbonyl (C=O) groups is 2. The van der Waals surface area contributed by atoms with Crippen LogP contribution < -0.4 is 0 Å². The largest absolute Gasteiger partial charge is 0.318 e. The maximum atomic E-state index is 13.2. The summed E-state index contributed by atoms with van der Waals surface area (Å²) >= 11 is 0.978. The first-order valence-electron chi connectivity index (χ1n) is 8.12. The van der Waals surface area contributed by atoms with Crippen molar-refractivity contribution in [3.8, 4) is 5.69 Å². The van der Waals surface area contributed by atoms with Gasteiger partial charge in [-0.1, -0.05) is 6.92 Å². The molecular formula is C19H19FN2O2S. The molecule has 0 spiro atoms. The minimum Gasteiger partial charge on any atom is -0.318 e. The molecule has 4 nitrogen and oxygen atoms in total. The van der Waals surface area contributed by atoms with Crippen LogP contribution in [0.5, 0.6) is 0 Å². The van der Waals surface area contributed by atoms with E-state index in [2.05, 4.69) is 0 Å². The molecular weight excluding hydrogens is 339 g/mol. The third-order valence-corrected chi connectivity index (χ3v) is 5.07. The molecule has 1 fully saturated rings. The fourth-order valence-corrected chi connectivity index (χ4v) is 3.83. The monoisotopic (exact) mass is 358 g/mol. The Labute approximate surface area is 150 Å². The third kappa shape index (κ3) is 3.26. The first kappa shape index (κ1) is 17.5. The molecule has 0 saturated carbocycles. The van der Waals surface area contributed by atoms with Crippen LogP contribution in [0, 0.1) is 19.7 Å². The molecule has 6 heteroatoms. The van der Waals surface area contributed by atoms with Crippen molar-refractivity contribution in [1.29, 1.82) is 0 Å². The molecule has 3 rings (SSSR count). The lowest BCUT2D eigenvalue weighted by Crippen LogP contribution is -2.28.